The number of rotatable bonds is 9. The highest BCUT2D eigenvalue weighted by Gasteiger charge is 2.31. The monoisotopic (exact) mass is 650 g/mol. The van der Waals surface area contributed by atoms with Crippen LogP contribution in [0.1, 0.15) is 18.1 Å². The van der Waals surface area contributed by atoms with Crippen LogP contribution >= 0.6 is 24.8 Å². The van der Waals surface area contributed by atoms with Crippen LogP contribution in [-0.4, -0.2) is 28.6 Å². The summed E-state index contributed by atoms with van der Waals surface area (Å²) in [6, 6.07) is 26.5. The van der Waals surface area contributed by atoms with E-state index in [1.54, 1.807) is 19.1 Å². The first-order valence-electron chi connectivity index (χ1n) is 13.6. The van der Waals surface area contributed by atoms with Crippen molar-refractivity contribution in [1.29, 1.82) is 0 Å². The second-order valence-electron chi connectivity index (χ2n) is 10.5. The molecule has 0 radical (unpaired) electrons. The number of carbonyl (C=O) groups excluding carboxylic acids is 2. The standard InChI is InChI=1S/C34H30N2O7.2ClH/c1-34(36,19-22-10-6-3-7-11-22)33(40)43-24-14-12-23(13-15-24)26-20-41-29-18-25(17-28(37)30(29)31(26)38)42-32(39)27(35)16-21-8-4-2-5-9-21;;/h2-15,17-18,20,27,37H,16,19,35-36H2,1H3;2*1H. The van der Waals surface area contributed by atoms with Gasteiger partial charge in [-0.15, -0.1) is 24.8 Å². The Balaban J connectivity index is 0.00000276. The smallest absolute Gasteiger partial charge is 0.331 e. The van der Waals surface area contributed by atoms with Crippen molar-refractivity contribution in [3.63, 3.8) is 0 Å². The lowest BCUT2D eigenvalue weighted by atomic mass is 9.94. The summed E-state index contributed by atoms with van der Waals surface area (Å²) in [5.41, 5.74) is 12.9. The molecular formula is C34H32Cl2N2O7. The Kier molecular flexibility index (Phi) is 11.5. The zero-order valence-corrected chi connectivity index (χ0v) is 25.8. The van der Waals surface area contributed by atoms with Crippen LogP contribution in [0.2, 0.25) is 0 Å². The molecule has 234 valence electrons. The maximum absolute atomic E-state index is 13.3. The Labute approximate surface area is 271 Å². The largest absolute Gasteiger partial charge is 0.507 e. The molecule has 1 aromatic heterocycles. The lowest BCUT2D eigenvalue weighted by molar-refractivity contribution is -0.140. The van der Waals surface area contributed by atoms with Crippen LogP contribution in [0.15, 0.2) is 113 Å². The summed E-state index contributed by atoms with van der Waals surface area (Å²) in [4.78, 5) is 38.6. The van der Waals surface area contributed by atoms with Gasteiger partial charge in [0.25, 0.3) is 0 Å². The van der Waals surface area contributed by atoms with Crippen LogP contribution in [0, 0.1) is 0 Å². The van der Waals surface area contributed by atoms with Crippen molar-refractivity contribution >= 4 is 47.7 Å². The van der Waals surface area contributed by atoms with Crippen molar-refractivity contribution in [2.75, 3.05) is 0 Å². The number of hydrogen-bond acceptors (Lipinski definition) is 9. The molecular weight excluding hydrogens is 619 g/mol. The summed E-state index contributed by atoms with van der Waals surface area (Å²) in [5, 5.41) is 10.6. The molecule has 5 rings (SSSR count). The number of aromatic hydroxyl groups is 1. The molecule has 0 saturated carbocycles. The lowest BCUT2D eigenvalue weighted by Crippen LogP contribution is -2.49. The number of esters is 2. The van der Waals surface area contributed by atoms with Gasteiger partial charge in [0, 0.05) is 18.6 Å². The van der Waals surface area contributed by atoms with Gasteiger partial charge in [-0.25, -0.2) is 9.59 Å². The molecule has 0 amide bonds. The van der Waals surface area contributed by atoms with Crippen molar-refractivity contribution in [3.8, 4) is 28.4 Å². The van der Waals surface area contributed by atoms with Crippen molar-refractivity contribution in [1.82, 2.24) is 0 Å². The number of nitrogens with two attached hydrogens (primary N) is 2. The summed E-state index contributed by atoms with van der Waals surface area (Å²) in [6.07, 6.45) is 1.82. The van der Waals surface area contributed by atoms with Crippen LogP contribution in [0.5, 0.6) is 17.2 Å². The minimum absolute atomic E-state index is 0. The van der Waals surface area contributed by atoms with E-state index in [9.17, 15) is 19.5 Å². The molecule has 2 unspecified atom stereocenters. The molecule has 5 aromatic rings. The van der Waals surface area contributed by atoms with E-state index < -0.39 is 34.7 Å². The average Bonchev–Trinajstić information content (AvgIpc) is 2.98. The number of benzene rings is 4. The Bertz CT molecular complexity index is 1830. The number of halogens is 2. The second-order valence-corrected chi connectivity index (χ2v) is 10.5. The van der Waals surface area contributed by atoms with E-state index >= 15 is 0 Å². The molecule has 4 aromatic carbocycles. The molecule has 5 N–H and O–H groups in total. The number of phenols is 1. The summed E-state index contributed by atoms with van der Waals surface area (Å²) in [7, 11) is 0. The van der Waals surface area contributed by atoms with E-state index in [0.717, 1.165) is 17.2 Å². The van der Waals surface area contributed by atoms with Gasteiger partial charge in [-0.3, -0.25) is 4.79 Å². The maximum Gasteiger partial charge on any atom is 0.331 e. The number of phenolic OH excluding ortho intramolecular Hbond substituents is 1. The summed E-state index contributed by atoms with van der Waals surface area (Å²) < 4.78 is 16.5. The number of hydrogen-bond donors (Lipinski definition) is 3. The van der Waals surface area contributed by atoms with Gasteiger partial charge >= 0.3 is 11.9 Å². The fourth-order valence-corrected chi connectivity index (χ4v) is 4.63. The van der Waals surface area contributed by atoms with Crippen molar-refractivity contribution in [2.24, 2.45) is 11.5 Å². The van der Waals surface area contributed by atoms with Crippen molar-refractivity contribution < 1.29 is 28.6 Å². The van der Waals surface area contributed by atoms with Crippen molar-refractivity contribution in [2.45, 2.75) is 31.3 Å². The van der Waals surface area contributed by atoms with Gasteiger partial charge in [0.05, 0.1) is 5.56 Å². The highest BCUT2D eigenvalue weighted by Crippen LogP contribution is 2.31. The molecule has 1 heterocycles. The topological polar surface area (TPSA) is 155 Å². The first kappa shape index (κ1) is 34.8. The Morgan fingerprint density at radius 1 is 0.867 bits per heavy atom. The fraction of sp³-hybridized carbons (Fsp3) is 0.147. The molecule has 11 heteroatoms. The summed E-state index contributed by atoms with van der Waals surface area (Å²) in [5.74, 6) is -1.48. The fourth-order valence-electron chi connectivity index (χ4n) is 4.63. The van der Waals surface area contributed by atoms with Crippen LogP contribution in [0.25, 0.3) is 22.1 Å². The molecule has 0 aliphatic heterocycles. The van der Waals surface area contributed by atoms with Gasteiger partial charge in [-0.2, -0.15) is 0 Å². The minimum Gasteiger partial charge on any atom is -0.507 e. The zero-order chi connectivity index (χ0) is 30.6. The molecule has 0 saturated heterocycles. The van der Waals surface area contributed by atoms with E-state index in [-0.39, 0.29) is 59.3 Å². The number of fused-ring (bicyclic) bond motifs is 1. The molecule has 0 aliphatic carbocycles. The average molecular weight is 652 g/mol. The van der Waals surface area contributed by atoms with Gasteiger partial charge in [-0.1, -0.05) is 72.8 Å². The second kappa shape index (κ2) is 14.9. The third-order valence-electron chi connectivity index (χ3n) is 6.91. The van der Waals surface area contributed by atoms with Gasteiger partial charge in [0.2, 0.25) is 5.43 Å². The van der Waals surface area contributed by atoms with Crippen LogP contribution in [0.4, 0.5) is 0 Å². The predicted molar refractivity (Wildman–Crippen MR) is 176 cm³/mol. The van der Waals surface area contributed by atoms with E-state index in [2.05, 4.69) is 0 Å². The number of carbonyl (C=O) groups is 2. The first-order chi connectivity index (χ1) is 20.6. The number of ether oxygens (including phenoxy) is 2. The van der Waals surface area contributed by atoms with Crippen molar-refractivity contribution in [3.05, 3.63) is 125 Å². The zero-order valence-electron chi connectivity index (χ0n) is 24.2. The maximum atomic E-state index is 13.3. The molecule has 45 heavy (non-hydrogen) atoms. The highest BCUT2D eigenvalue weighted by molar-refractivity contribution is 5.89. The van der Waals surface area contributed by atoms with Crippen LogP contribution in [-0.2, 0) is 22.4 Å². The van der Waals surface area contributed by atoms with E-state index in [1.807, 2.05) is 60.7 Å². The third kappa shape index (κ3) is 8.29. The van der Waals surface area contributed by atoms with E-state index in [1.165, 1.54) is 24.5 Å². The molecule has 0 fully saturated rings. The van der Waals surface area contributed by atoms with Gasteiger partial charge in [-0.05, 0) is 42.2 Å². The minimum atomic E-state index is -1.25. The SMILES string of the molecule is CC(N)(Cc1ccccc1)C(=O)Oc1ccc(-c2coc3cc(OC(=O)C(N)Cc4ccccc4)cc(O)c3c2=O)cc1.Cl.Cl. The summed E-state index contributed by atoms with van der Waals surface area (Å²) in [6.45, 7) is 1.61. The van der Waals surface area contributed by atoms with Gasteiger partial charge < -0.3 is 30.5 Å². The van der Waals surface area contributed by atoms with Crippen LogP contribution in [0.3, 0.4) is 0 Å². The molecule has 0 spiro atoms. The van der Waals surface area contributed by atoms with Gasteiger partial charge in [0.15, 0.2) is 0 Å². The summed E-state index contributed by atoms with van der Waals surface area (Å²) >= 11 is 0. The molecule has 2 atom stereocenters. The Morgan fingerprint density at radius 2 is 1.47 bits per heavy atom. The quantitative estimate of drug-likeness (QED) is 0.141. The van der Waals surface area contributed by atoms with E-state index in [0.29, 0.717) is 12.0 Å². The lowest BCUT2D eigenvalue weighted by Gasteiger charge is -2.22. The van der Waals surface area contributed by atoms with Gasteiger partial charge in [0.1, 0.15) is 46.1 Å². The first-order valence-corrected chi connectivity index (χ1v) is 13.6. The molecule has 0 bridgehead atoms. The Hall–Kier alpha value is -4.67. The normalized spacial score (nSPS) is 12.6. The highest BCUT2D eigenvalue weighted by atomic mass is 35.5. The van der Waals surface area contributed by atoms with Crippen LogP contribution < -0.4 is 26.4 Å². The predicted octanol–water partition coefficient (Wildman–Crippen LogP) is 5.35. The Morgan fingerprint density at radius 3 is 2.09 bits per heavy atom. The molecule has 9 nitrogen and oxygen atoms in total. The van der Waals surface area contributed by atoms with E-state index in [4.69, 9.17) is 25.4 Å². The molecule has 0 aliphatic rings. The third-order valence-corrected chi connectivity index (χ3v) is 6.91.